The van der Waals surface area contributed by atoms with Crippen molar-refractivity contribution in [3.63, 3.8) is 0 Å². The molecule has 3 aromatic rings. The Morgan fingerprint density at radius 3 is 2.58 bits per heavy atom. The first-order valence-corrected chi connectivity index (χ1v) is 9.29. The van der Waals surface area contributed by atoms with Crippen molar-refractivity contribution in [2.24, 2.45) is 5.92 Å². The molecule has 0 unspecified atom stereocenters. The highest BCUT2D eigenvalue weighted by Gasteiger charge is 2.36. The maximum absolute atomic E-state index is 12.7. The van der Waals surface area contributed by atoms with Crippen molar-refractivity contribution in [2.75, 3.05) is 26.7 Å². The molecule has 1 saturated heterocycles. The molecule has 0 bridgehead atoms. The molecule has 2 aliphatic heterocycles. The van der Waals surface area contributed by atoms with E-state index in [0.29, 0.717) is 11.8 Å². The second kappa shape index (κ2) is 5.96. The lowest BCUT2D eigenvalue weighted by atomic mass is 9.86. The van der Waals surface area contributed by atoms with Gasteiger partial charge in [-0.15, -0.1) is 0 Å². The van der Waals surface area contributed by atoms with Gasteiger partial charge in [-0.3, -0.25) is 4.79 Å². The van der Waals surface area contributed by atoms with E-state index in [9.17, 15) is 4.79 Å². The van der Waals surface area contributed by atoms with Crippen molar-refractivity contribution in [1.82, 2.24) is 10.2 Å². The van der Waals surface area contributed by atoms with E-state index in [1.807, 2.05) is 0 Å². The Bertz CT molecular complexity index is 1010. The van der Waals surface area contributed by atoms with E-state index in [0.717, 1.165) is 36.3 Å². The molecule has 0 spiro atoms. The van der Waals surface area contributed by atoms with E-state index in [-0.39, 0.29) is 5.91 Å². The van der Waals surface area contributed by atoms with E-state index >= 15 is 0 Å². The SMILES string of the molecule is CN1C[C@@H]2CNC(=O)c3cc(-c4ccc5ccccc5c4)ccc3[C@H]2C1. The molecule has 3 heteroatoms. The number of carbonyl (C=O) groups is 1. The predicted molar refractivity (Wildman–Crippen MR) is 105 cm³/mol. The first-order chi connectivity index (χ1) is 12.7. The van der Waals surface area contributed by atoms with Gasteiger partial charge in [-0.2, -0.15) is 0 Å². The molecule has 5 rings (SSSR count). The molecule has 0 saturated carbocycles. The normalized spacial score (nSPS) is 22.6. The number of benzene rings is 3. The molecule has 1 N–H and O–H groups in total. The van der Waals surface area contributed by atoms with Crippen molar-refractivity contribution < 1.29 is 4.79 Å². The standard InChI is InChI=1S/C23H22N2O/c1-25-13-19-12-24-23(26)21-11-18(8-9-20(21)22(19)14-25)17-7-6-15-4-2-3-5-16(15)10-17/h2-11,19,22H,12-14H2,1H3,(H,24,26)/t19-,22-/m0/s1. The molecule has 2 heterocycles. The number of likely N-dealkylation sites (tertiary alicyclic amines) is 1. The van der Waals surface area contributed by atoms with Crippen molar-refractivity contribution in [1.29, 1.82) is 0 Å². The summed E-state index contributed by atoms with van der Waals surface area (Å²) in [7, 11) is 2.17. The summed E-state index contributed by atoms with van der Waals surface area (Å²) >= 11 is 0. The van der Waals surface area contributed by atoms with Crippen LogP contribution >= 0.6 is 0 Å². The fourth-order valence-electron chi connectivity index (χ4n) is 4.59. The lowest BCUT2D eigenvalue weighted by molar-refractivity contribution is 0.0951. The third-order valence-electron chi connectivity index (χ3n) is 5.93. The zero-order valence-electron chi connectivity index (χ0n) is 14.9. The van der Waals surface area contributed by atoms with E-state index < -0.39 is 0 Å². The molecule has 1 fully saturated rings. The van der Waals surface area contributed by atoms with E-state index in [4.69, 9.17) is 0 Å². The van der Waals surface area contributed by atoms with Gasteiger partial charge in [0, 0.05) is 31.1 Å². The first kappa shape index (κ1) is 15.6. The lowest BCUT2D eigenvalue weighted by Crippen LogP contribution is -2.29. The molecule has 1 amide bonds. The van der Waals surface area contributed by atoms with Gasteiger partial charge in [-0.25, -0.2) is 0 Å². The summed E-state index contributed by atoms with van der Waals surface area (Å²) in [5.74, 6) is 1.02. The average Bonchev–Trinajstić information content (AvgIpc) is 3.00. The number of carbonyl (C=O) groups excluding carboxylic acids is 1. The van der Waals surface area contributed by atoms with Crippen LogP contribution in [0.15, 0.2) is 60.7 Å². The predicted octanol–water partition coefficient (Wildman–Crippen LogP) is 3.90. The van der Waals surface area contributed by atoms with Crippen LogP contribution in [0, 0.1) is 5.92 Å². The van der Waals surface area contributed by atoms with Crippen molar-refractivity contribution >= 4 is 16.7 Å². The van der Waals surface area contributed by atoms with E-state index in [2.05, 4.69) is 77.9 Å². The minimum absolute atomic E-state index is 0.0692. The second-order valence-electron chi connectivity index (χ2n) is 7.66. The van der Waals surface area contributed by atoms with Gasteiger partial charge in [0.15, 0.2) is 0 Å². The third-order valence-corrected chi connectivity index (χ3v) is 5.93. The molecule has 0 aliphatic carbocycles. The molecule has 0 radical (unpaired) electrons. The van der Waals surface area contributed by atoms with Crippen LogP contribution in [-0.4, -0.2) is 37.5 Å². The Labute approximate surface area is 153 Å². The summed E-state index contributed by atoms with van der Waals surface area (Å²) in [5.41, 5.74) is 4.32. The highest BCUT2D eigenvalue weighted by atomic mass is 16.1. The Balaban J connectivity index is 1.60. The highest BCUT2D eigenvalue weighted by Crippen LogP contribution is 2.37. The minimum atomic E-state index is 0.0692. The van der Waals surface area contributed by atoms with Crippen molar-refractivity contribution in [2.45, 2.75) is 5.92 Å². The molecule has 2 aliphatic rings. The number of hydrogen-bond donors (Lipinski definition) is 1. The van der Waals surface area contributed by atoms with Crippen LogP contribution in [0.25, 0.3) is 21.9 Å². The van der Waals surface area contributed by atoms with Gasteiger partial charge < -0.3 is 10.2 Å². The average molecular weight is 342 g/mol. The summed E-state index contributed by atoms with van der Waals surface area (Å²) in [6.45, 7) is 2.85. The molecule has 130 valence electrons. The van der Waals surface area contributed by atoms with Crippen molar-refractivity contribution in [3.05, 3.63) is 71.8 Å². The topological polar surface area (TPSA) is 32.3 Å². The van der Waals surface area contributed by atoms with Gasteiger partial charge in [-0.1, -0.05) is 48.5 Å². The van der Waals surface area contributed by atoms with Crippen LogP contribution in [0.1, 0.15) is 21.8 Å². The van der Waals surface area contributed by atoms with Crippen molar-refractivity contribution in [3.8, 4) is 11.1 Å². The number of likely N-dealkylation sites (N-methyl/N-ethyl adjacent to an activating group) is 1. The minimum Gasteiger partial charge on any atom is -0.352 e. The van der Waals surface area contributed by atoms with Gasteiger partial charge in [0.05, 0.1) is 0 Å². The summed E-state index contributed by atoms with van der Waals surface area (Å²) < 4.78 is 0. The first-order valence-electron chi connectivity index (χ1n) is 9.29. The van der Waals surface area contributed by atoms with E-state index in [1.165, 1.54) is 16.3 Å². The maximum Gasteiger partial charge on any atom is 0.251 e. The second-order valence-corrected chi connectivity index (χ2v) is 7.66. The zero-order chi connectivity index (χ0) is 17.7. The van der Waals surface area contributed by atoms with Crippen LogP contribution in [0.3, 0.4) is 0 Å². The Morgan fingerprint density at radius 1 is 0.923 bits per heavy atom. The summed E-state index contributed by atoms with van der Waals surface area (Å²) in [6.07, 6.45) is 0. The van der Waals surface area contributed by atoms with Gasteiger partial charge in [0.25, 0.3) is 5.91 Å². The maximum atomic E-state index is 12.7. The lowest BCUT2D eigenvalue weighted by Gasteiger charge is -2.17. The Hall–Kier alpha value is -2.65. The third kappa shape index (κ3) is 2.51. The van der Waals surface area contributed by atoms with Gasteiger partial charge in [0.1, 0.15) is 0 Å². The van der Waals surface area contributed by atoms with Crippen LogP contribution in [0.5, 0.6) is 0 Å². The number of fused-ring (bicyclic) bond motifs is 4. The van der Waals surface area contributed by atoms with Gasteiger partial charge in [-0.05, 0) is 52.6 Å². The van der Waals surface area contributed by atoms with Crippen LogP contribution < -0.4 is 5.32 Å². The number of nitrogens with zero attached hydrogens (tertiary/aromatic N) is 1. The number of rotatable bonds is 1. The quantitative estimate of drug-likeness (QED) is 0.727. The van der Waals surface area contributed by atoms with Gasteiger partial charge >= 0.3 is 0 Å². The molecule has 26 heavy (non-hydrogen) atoms. The largest absolute Gasteiger partial charge is 0.352 e. The smallest absolute Gasteiger partial charge is 0.251 e. The number of hydrogen-bond acceptors (Lipinski definition) is 2. The molecule has 2 atom stereocenters. The van der Waals surface area contributed by atoms with Crippen LogP contribution in [-0.2, 0) is 0 Å². The molecule has 3 nitrogen and oxygen atoms in total. The molecular formula is C23H22N2O. The zero-order valence-corrected chi connectivity index (χ0v) is 14.9. The Morgan fingerprint density at radius 2 is 1.69 bits per heavy atom. The fourth-order valence-corrected chi connectivity index (χ4v) is 4.59. The monoisotopic (exact) mass is 342 g/mol. The van der Waals surface area contributed by atoms with Crippen LogP contribution in [0.4, 0.5) is 0 Å². The molecule has 3 aromatic carbocycles. The van der Waals surface area contributed by atoms with E-state index in [1.54, 1.807) is 0 Å². The fraction of sp³-hybridized carbons (Fsp3) is 0.261. The molecular weight excluding hydrogens is 320 g/mol. The summed E-state index contributed by atoms with van der Waals surface area (Å²) in [5, 5.41) is 5.60. The Kier molecular flexibility index (Phi) is 3.57. The van der Waals surface area contributed by atoms with Gasteiger partial charge in [0.2, 0.25) is 0 Å². The summed E-state index contributed by atoms with van der Waals surface area (Å²) in [6, 6.07) is 21.3. The van der Waals surface area contributed by atoms with Crippen LogP contribution in [0.2, 0.25) is 0 Å². The summed E-state index contributed by atoms with van der Waals surface area (Å²) in [4.78, 5) is 15.1. The molecule has 0 aromatic heterocycles. The highest BCUT2D eigenvalue weighted by molar-refractivity contribution is 5.98. The number of nitrogens with one attached hydrogen (secondary N) is 1. The number of amides is 1.